The number of piperidine rings is 1. The standard InChI is InChI=1S/C21H32N2O3/c1-16-5-7-17(8-6-16)9-10-19(24)23-13-11-18(12-14-23)15-22-20(25)26-21(2,3)4/h5-8,18H,9-15H2,1-4H3,(H,22,25). The summed E-state index contributed by atoms with van der Waals surface area (Å²) in [6.07, 6.45) is 2.83. The number of alkyl carbamates (subject to hydrolysis) is 1. The van der Waals surface area contributed by atoms with Crippen LogP contribution in [0.15, 0.2) is 24.3 Å². The first kappa shape index (κ1) is 20.3. The molecule has 0 aliphatic carbocycles. The molecule has 1 aliphatic heterocycles. The van der Waals surface area contributed by atoms with Crippen LogP contribution in [0.3, 0.4) is 0 Å². The zero-order chi connectivity index (χ0) is 19.2. The Morgan fingerprint density at radius 1 is 1.15 bits per heavy atom. The molecule has 1 fully saturated rings. The van der Waals surface area contributed by atoms with Crippen LogP contribution in [0.1, 0.15) is 51.2 Å². The van der Waals surface area contributed by atoms with E-state index in [1.54, 1.807) is 0 Å². The summed E-state index contributed by atoms with van der Waals surface area (Å²) in [5.41, 5.74) is 1.97. The molecular weight excluding hydrogens is 328 g/mol. The second kappa shape index (κ2) is 9.06. The van der Waals surface area contributed by atoms with Gasteiger partial charge in [0.2, 0.25) is 5.91 Å². The van der Waals surface area contributed by atoms with E-state index in [0.717, 1.165) is 32.4 Å². The maximum atomic E-state index is 12.4. The van der Waals surface area contributed by atoms with Crippen LogP contribution in [0.25, 0.3) is 0 Å². The molecular formula is C21H32N2O3. The third-order valence-electron chi connectivity index (χ3n) is 4.65. The van der Waals surface area contributed by atoms with Gasteiger partial charge in [-0.15, -0.1) is 0 Å². The van der Waals surface area contributed by atoms with Gasteiger partial charge in [0.05, 0.1) is 0 Å². The topological polar surface area (TPSA) is 58.6 Å². The highest BCUT2D eigenvalue weighted by molar-refractivity contribution is 5.76. The molecule has 1 saturated heterocycles. The van der Waals surface area contributed by atoms with E-state index in [2.05, 4.69) is 36.5 Å². The molecule has 5 nitrogen and oxygen atoms in total. The maximum Gasteiger partial charge on any atom is 0.407 e. The van der Waals surface area contributed by atoms with E-state index in [1.165, 1.54) is 11.1 Å². The van der Waals surface area contributed by atoms with E-state index in [-0.39, 0.29) is 12.0 Å². The van der Waals surface area contributed by atoms with Gasteiger partial charge >= 0.3 is 6.09 Å². The average Bonchev–Trinajstić information content (AvgIpc) is 2.58. The van der Waals surface area contributed by atoms with Crippen molar-refractivity contribution in [2.45, 2.75) is 59.0 Å². The first-order valence-corrected chi connectivity index (χ1v) is 9.53. The van der Waals surface area contributed by atoms with Crippen molar-refractivity contribution in [3.05, 3.63) is 35.4 Å². The van der Waals surface area contributed by atoms with E-state index < -0.39 is 5.60 Å². The van der Waals surface area contributed by atoms with Crippen molar-refractivity contribution in [2.24, 2.45) is 5.92 Å². The van der Waals surface area contributed by atoms with Gasteiger partial charge in [0.25, 0.3) is 0 Å². The number of nitrogens with zero attached hydrogens (tertiary/aromatic N) is 1. The second-order valence-corrected chi connectivity index (χ2v) is 8.19. The fourth-order valence-electron chi connectivity index (χ4n) is 3.09. The Morgan fingerprint density at radius 2 is 1.77 bits per heavy atom. The predicted molar refractivity (Wildman–Crippen MR) is 103 cm³/mol. The van der Waals surface area contributed by atoms with Crippen LogP contribution in [-0.2, 0) is 16.0 Å². The number of amides is 2. The van der Waals surface area contributed by atoms with Gasteiger partial charge in [-0.2, -0.15) is 0 Å². The van der Waals surface area contributed by atoms with Crippen molar-refractivity contribution in [3.63, 3.8) is 0 Å². The zero-order valence-corrected chi connectivity index (χ0v) is 16.5. The van der Waals surface area contributed by atoms with Gasteiger partial charge in [0, 0.05) is 26.1 Å². The van der Waals surface area contributed by atoms with Crippen LogP contribution < -0.4 is 5.32 Å². The highest BCUT2D eigenvalue weighted by atomic mass is 16.6. The number of aryl methyl sites for hydroxylation is 2. The minimum Gasteiger partial charge on any atom is -0.444 e. The maximum absolute atomic E-state index is 12.4. The molecule has 0 bridgehead atoms. The summed E-state index contributed by atoms with van der Waals surface area (Å²) in [7, 11) is 0. The molecule has 2 amide bonds. The molecule has 2 rings (SSSR count). The Morgan fingerprint density at radius 3 is 2.35 bits per heavy atom. The van der Waals surface area contributed by atoms with E-state index in [1.807, 2.05) is 25.7 Å². The lowest BCUT2D eigenvalue weighted by Crippen LogP contribution is -2.42. The third kappa shape index (κ3) is 7.06. The summed E-state index contributed by atoms with van der Waals surface area (Å²) in [5.74, 6) is 0.632. The minimum atomic E-state index is -0.475. The summed E-state index contributed by atoms with van der Waals surface area (Å²) in [6.45, 7) is 9.78. The fraction of sp³-hybridized carbons (Fsp3) is 0.619. The van der Waals surface area contributed by atoms with Crippen LogP contribution >= 0.6 is 0 Å². The first-order valence-electron chi connectivity index (χ1n) is 9.53. The number of nitrogens with one attached hydrogen (secondary N) is 1. The van der Waals surface area contributed by atoms with Gasteiger partial charge in [0.1, 0.15) is 5.60 Å². The highest BCUT2D eigenvalue weighted by Crippen LogP contribution is 2.18. The molecule has 0 aromatic heterocycles. The van der Waals surface area contributed by atoms with Gasteiger partial charge < -0.3 is 15.0 Å². The lowest BCUT2D eigenvalue weighted by molar-refractivity contribution is -0.132. The molecule has 5 heteroatoms. The number of carbonyl (C=O) groups is 2. The summed E-state index contributed by atoms with van der Waals surface area (Å²) in [6, 6.07) is 8.36. The quantitative estimate of drug-likeness (QED) is 0.871. The molecule has 0 saturated carbocycles. The Hall–Kier alpha value is -2.04. The van der Waals surface area contributed by atoms with Gasteiger partial charge in [-0.05, 0) is 58.4 Å². The van der Waals surface area contributed by atoms with E-state index >= 15 is 0 Å². The Balaban J connectivity index is 1.66. The van der Waals surface area contributed by atoms with Crippen molar-refractivity contribution >= 4 is 12.0 Å². The molecule has 1 aliphatic rings. The molecule has 1 aromatic rings. The number of likely N-dealkylation sites (tertiary alicyclic amines) is 1. The van der Waals surface area contributed by atoms with Crippen molar-refractivity contribution in [3.8, 4) is 0 Å². The van der Waals surface area contributed by atoms with Crippen LogP contribution in [0.4, 0.5) is 4.79 Å². The lowest BCUT2D eigenvalue weighted by Gasteiger charge is -2.32. The second-order valence-electron chi connectivity index (χ2n) is 8.19. The van der Waals surface area contributed by atoms with Gasteiger partial charge in [0.15, 0.2) is 0 Å². The van der Waals surface area contributed by atoms with Gasteiger partial charge in [-0.1, -0.05) is 29.8 Å². The zero-order valence-electron chi connectivity index (χ0n) is 16.5. The number of rotatable bonds is 5. The molecule has 1 heterocycles. The van der Waals surface area contributed by atoms with Crippen molar-refractivity contribution < 1.29 is 14.3 Å². The molecule has 144 valence electrons. The summed E-state index contributed by atoms with van der Waals surface area (Å²) in [5, 5.41) is 2.84. The lowest BCUT2D eigenvalue weighted by atomic mass is 9.96. The van der Waals surface area contributed by atoms with Gasteiger partial charge in [-0.3, -0.25) is 4.79 Å². The Kier molecular flexibility index (Phi) is 7.06. The average molecular weight is 360 g/mol. The highest BCUT2D eigenvalue weighted by Gasteiger charge is 2.23. The Bertz CT molecular complexity index is 597. The number of benzene rings is 1. The van der Waals surface area contributed by atoms with Crippen LogP contribution in [-0.4, -0.2) is 42.1 Å². The molecule has 0 spiro atoms. The summed E-state index contributed by atoms with van der Waals surface area (Å²) >= 11 is 0. The molecule has 1 N–H and O–H groups in total. The fourth-order valence-corrected chi connectivity index (χ4v) is 3.09. The first-order chi connectivity index (χ1) is 12.2. The SMILES string of the molecule is Cc1ccc(CCC(=O)N2CCC(CNC(=O)OC(C)(C)C)CC2)cc1. The Labute approximate surface area is 157 Å². The van der Waals surface area contributed by atoms with Crippen molar-refractivity contribution in [1.82, 2.24) is 10.2 Å². The van der Waals surface area contributed by atoms with Crippen molar-refractivity contribution in [1.29, 1.82) is 0 Å². The molecule has 0 radical (unpaired) electrons. The number of ether oxygens (including phenoxy) is 1. The third-order valence-corrected chi connectivity index (χ3v) is 4.65. The van der Waals surface area contributed by atoms with Crippen LogP contribution in [0, 0.1) is 12.8 Å². The predicted octanol–water partition coefficient (Wildman–Crippen LogP) is 3.69. The van der Waals surface area contributed by atoms with E-state index in [4.69, 9.17) is 4.74 Å². The number of hydrogen-bond donors (Lipinski definition) is 1. The molecule has 0 atom stereocenters. The van der Waals surface area contributed by atoms with Crippen molar-refractivity contribution in [2.75, 3.05) is 19.6 Å². The number of carbonyl (C=O) groups excluding carboxylic acids is 2. The normalized spacial score (nSPS) is 15.6. The summed E-state index contributed by atoms with van der Waals surface area (Å²) in [4.78, 5) is 26.1. The van der Waals surface area contributed by atoms with Crippen LogP contribution in [0.5, 0.6) is 0 Å². The monoisotopic (exact) mass is 360 g/mol. The van der Waals surface area contributed by atoms with Crippen LogP contribution in [0.2, 0.25) is 0 Å². The number of hydrogen-bond acceptors (Lipinski definition) is 3. The largest absolute Gasteiger partial charge is 0.444 e. The van der Waals surface area contributed by atoms with E-state index in [0.29, 0.717) is 18.9 Å². The molecule has 0 unspecified atom stereocenters. The smallest absolute Gasteiger partial charge is 0.407 e. The molecule has 26 heavy (non-hydrogen) atoms. The van der Waals surface area contributed by atoms with Gasteiger partial charge in [-0.25, -0.2) is 4.79 Å². The summed E-state index contributed by atoms with van der Waals surface area (Å²) < 4.78 is 5.25. The van der Waals surface area contributed by atoms with E-state index in [9.17, 15) is 9.59 Å². The molecule has 1 aromatic carbocycles. The minimum absolute atomic E-state index is 0.226.